The summed E-state index contributed by atoms with van der Waals surface area (Å²) >= 11 is 1.50. The second-order valence-electron chi connectivity index (χ2n) is 16.2. The SMILES string of the molecule is COc1ccc(CN(C[C@@H](O)COCc2ccccc2)C[C@]2(O)CC[C@H]3c4ccc(cc4C(=O)c4ccc(C)s4)C[C@@H](O)CCC(C)=CCC[C@@]32C)c(OC)c1. The lowest BCUT2D eigenvalue weighted by atomic mass is 9.64. The van der Waals surface area contributed by atoms with Crippen LogP contribution in [0.5, 0.6) is 11.5 Å². The van der Waals surface area contributed by atoms with Crippen LogP contribution >= 0.6 is 11.3 Å². The van der Waals surface area contributed by atoms with E-state index in [9.17, 15) is 20.1 Å². The van der Waals surface area contributed by atoms with E-state index in [2.05, 4.69) is 37.0 Å². The highest BCUT2D eigenvalue weighted by Crippen LogP contribution is 2.59. The number of methoxy groups -OCH3 is 2. The van der Waals surface area contributed by atoms with E-state index in [1.165, 1.54) is 16.9 Å². The van der Waals surface area contributed by atoms with Crippen LogP contribution in [0.4, 0.5) is 0 Å². The fourth-order valence-corrected chi connectivity index (χ4v) is 9.72. The minimum Gasteiger partial charge on any atom is -0.497 e. The van der Waals surface area contributed by atoms with Crippen molar-refractivity contribution in [3.05, 3.63) is 128 Å². The highest BCUT2D eigenvalue weighted by molar-refractivity contribution is 7.14. The van der Waals surface area contributed by atoms with Crippen molar-refractivity contribution in [1.29, 1.82) is 0 Å². The van der Waals surface area contributed by atoms with Crippen LogP contribution < -0.4 is 9.47 Å². The fourth-order valence-electron chi connectivity index (χ4n) is 8.90. The van der Waals surface area contributed by atoms with Gasteiger partial charge in [-0.25, -0.2) is 0 Å². The number of aryl methyl sites for hydroxylation is 1. The molecular weight excluding hydrogens is 723 g/mol. The normalized spacial score (nSPS) is 23.3. The third-order valence-corrected chi connectivity index (χ3v) is 13.1. The van der Waals surface area contributed by atoms with Crippen molar-refractivity contribution in [2.75, 3.05) is 33.9 Å². The molecule has 1 fully saturated rings. The zero-order valence-corrected chi connectivity index (χ0v) is 34.4. The lowest BCUT2D eigenvalue weighted by Crippen LogP contribution is -2.53. The van der Waals surface area contributed by atoms with Crippen molar-refractivity contribution in [2.24, 2.45) is 5.41 Å². The van der Waals surface area contributed by atoms with E-state index in [0.717, 1.165) is 40.0 Å². The van der Waals surface area contributed by atoms with Gasteiger partial charge in [0.1, 0.15) is 11.5 Å². The van der Waals surface area contributed by atoms with Gasteiger partial charge in [0.15, 0.2) is 0 Å². The number of benzene rings is 3. The molecule has 1 heterocycles. The van der Waals surface area contributed by atoms with E-state index < -0.39 is 23.2 Å². The summed E-state index contributed by atoms with van der Waals surface area (Å²) < 4.78 is 17.3. The molecule has 4 aromatic rings. The largest absolute Gasteiger partial charge is 0.497 e. The van der Waals surface area contributed by atoms with Crippen LogP contribution in [0.1, 0.15) is 101 Å². The lowest BCUT2D eigenvalue weighted by molar-refractivity contribution is -0.0924. The monoisotopic (exact) mass is 781 g/mol. The highest BCUT2D eigenvalue weighted by Gasteiger charge is 2.57. The van der Waals surface area contributed by atoms with Crippen molar-refractivity contribution < 1.29 is 34.3 Å². The molecular formula is C47H59NO7S. The topological polar surface area (TPSA) is 109 Å². The number of aliphatic hydroxyl groups is 3. The average molecular weight is 782 g/mol. The van der Waals surface area contributed by atoms with Gasteiger partial charge < -0.3 is 29.5 Å². The maximum Gasteiger partial charge on any atom is 0.203 e. The Bertz CT molecular complexity index is 1960. The number of carbonyl (C=O) groups excluding carboxylic acids is 1. The van der Waals surface area contributed by atoms with Gasteiger partial charge in [-0.3, -0.25) is 9.69 Å². The Kier molecular flexibility index (Phi) is 13.9. The summed E-state index contributed by atoms with van der Waals surface area (Å²) in [5.41, 5.74) is 3.92. The van der Waals surface area contributed by atoms with Gasteiger partial charge in [-0.05, 0) is 106 Å². The molecule has 0 aliphatic heterocycles. The average Bonchev–Trinajstić information content (AvgIpc) is 3.73. The molecule has 9 heteroatoms. The Morgan fingerprint density at radius 3 is 2.52 bits per heavy atom. The summed E-state index contributed by atoms with van der Waals surface area (Å²) in [6.45, 7) is 7.85. The van der Waals surface area contributed by atoms with E-state index in [0.29, 0.717) is 73.7 Å². The smallest absolute Gasteiger partial charge is 0.203 e. The van der Waals surface area contributed by atoms with Gasteiger partial charge in [0.2, 0.25) is 5.78 Å². The van der Waals surface area contributed by atoms with Crippen LogP contribution in [-0.4, -0.2) is 77.7 Å². The van der Waals surface area contributed by atoms with E-state index in [-0.39, 0.29) is 24.9 Å². The number of ether oxygens (including phenoxy) is 3. The summed E-state index contributed by atoms with van der Waals surface area (Å²) in [7, 11) is 3.26. The van der Waals surface area contributed by atoms with Crippen LogP contribution in [0.2, 0.25) is 0 Å². The number of hydrogen-bond donors (Lipinski definition) is 3. The maximum atomic E-state index is 14.4. The van der Waals surface area contributed by atoms with Gasteiger partial charge in [0, 0.05) is 47.1 Å². The quantitative estimate of drug-likeness (QED) is 0.0865. The predicted octanol–water partition coefficient (Wildman–Crippen LogP) is 8.42. The Hall–Kier alpha value is -3.83. The molecule has 56 heavy (non-hydrogen) atoms. The highest BCUT2D eigenvalue weighted by atomic mass is 32.1. The van der Waals surface area contributed by atoms with Crippen LogP contribution in [0.25, 0.3) is 0 Å². The van der Waals surface area contributed by atoms with Gasteiger partial charge >= 0.3 is 0 Å². The summed E-state index contributed by atoms with van der Waals surface area (Å²) in [6, 6.07) is 25.7. The van der Waals surface area contributed by atoms with E-state index in [1.54, 1.807) is 14.2 Å². The van der Waals surface area contributed by atoms with Gasteiger partial charge in [0.05, 0.1) is 50.1 Å². The number of fused-ring (bicyclic) bond motifs is 8. The van der Waals surface area contributed by atoms with Crippen LogP contribution in [0.3, 0.4) is 0 Å². The number of carbonyl (C=O) groups is 1. The number of hydrogen-bond acceptors (Lipinski definition) is 9. The number of rotatable bonds is 14. The van der Waals surface area contributed by atoms with Crippen molar-refractivity contribution in [2.45, 2.75) is 103 Å². The second kappa shape index (κ2) is 18.6. The first kappa shape index (κ1) is 41.8. The standard InChI is InChI=1S/C47H59NO7S/c1-32-10-9-22-46(3)42(40-19-15-35(24-37(49)17-13-32)25-41(40)45(51)44-20-14-33(2)56-44)21-23-47(46,52)31-48(27-36-16-18-39(53-4)26-43(36)54-5)28-38(50)30-55-29-34-11-7-6-8-12-34/h6-8,10-12,14-16,18-20,25-26,37-38,42,49-50,52H,9,13,17,21-24,27-31H2,1-5H3/t37-,38+,42-,46-,47+/m0/s1. The molecule has 5 atom stereocenters. The van der Waals surface area contributed by atoms with E-state index in [1.807, 2.05) is 73.7 Å². The summed E-state index contributed by atoms with van der Waals surface area (Å²) in [5.74, 6) is 1.23. The number of aliphatic hydroxyl groups excluding tert-OH is 2. The zero-order chi connectivity index (χ0) is 39.9. The molecule has 3 N–H and O–H groups in total. The minimum atomic E-state index is -1.17. The molecule has 0 saturated heterocycles. The molecule has 0 spiro atoms. The third-order valence-electron chi connectivity index (χ3n) is 12.1. The molecule has 0 unspecified atom stereocenters. The van der Waals surface area contributed by atoms with Gasteiger partial charge in [-0.15, -0.1) is 11.3 Å². The molecule has 3 aliphatic rings. The van der Waals surface area contributed by atoms with Gasteiger partial charge in [-0.1, -0.05) is 67.1 Å². The van der Waals surface area contributed by atoms with Gasteiger partial charge in [-0.2, -0.15) is 0 Å². The fraction of sp³-hybridized carbons (Fsp3) is 0.468. The first-order valence-electron chi connectivity index (χ1n) is 19.9. The Morgan fingerprint density at radius 1 is 0.982 bits per heavy atom. The Labute approximate surface area is 336 Å². The van der Waals surface area contributed by atoms with Crippen molar-refractivity contribution in [3.63, 3.8) is 0 Å². The molecule has 0 amide bonds. The van der Waals surface area contributed by atoms with Crippen LogP contribution in [0, 0.1) is 12.3 Å². The predicted molar refractivity (Wildman–Crippen MR) is 223 cm³/mol. The molecule has 3 aliphatic carbocycles. The Morgan fingerprint density at radius 2 is 1.79 bits per heavy atom. The molecule has 1 aromatic heterocycles. The molecule has 0 radical (unpaired) electrons. The zero-order valence-electron chi connectivity index (χ0n) is 33.6. The number of allylic oxidation sites excluding steroid dienone is 2. The van der Waals surface area contributed by atoms with Gasteiger partial charge in [0.25, 0.3) is 0 Å². The first-order chi connectivity index (χ1) is 26.9. The molecule has 2 bridgehead atoms. The summed E-state index contributed by atoms with van der Waals surface area (Å²) in [4.78, 5) is 18.3. The first-order valence-corrected chi connectivity index (χ1v) is 20.8. The summed E-state index contributed by atoms with van der Waals surface area (Å²) in [5, 5.41) is 35.7. The number of ketones is 1. The molecule has 3 aromatic carbocycles. The van der Waals surface area contributed by atoms with Crippen molar-refractivity contribution >= 4 is 17.1 Å². The van der Waals surface area contributed by atoms with E-state index in [4.69, 9.17) is 14.2 Å². The molecule has 7 rings (SSSR count). The second-order valence-corrected chi connectivity index (χ2v) is 17.5. The molecule has 1 saturated carbocycles. The molecule has 8 nitrogen and oxygen atoms in total. The maximum absolute atomic E-state index is 14.4. The summed E-state index contributed by atoms with van der Waals surface area (Å²) in [6.07, 6.45) is 5.52. The molecule has 300 valence electrons. The Balaban J connectivity index is 1.36. The minimum absolute atomic E-state index is 0.0121. The lowest BCUT2D eigenvalue weighted by Gasteiger charge is -2.46. The van der Waals surface area contributed by atoms with Crippen molar-refractivity contribution in [1.82, 2.24) is 4.90 Å². The number of nitrogens with zero attached hydrogens (tertiary/aromatic N) is 1. The van der Waals surface area contributed by atoms with Crippen LogP contribution in [0.15, 0.2) is 90.5 Å². The van der Waals surface area contributed by atoms with Crippen LogP contribution in [-0.2, 0) is 24.3 Å². The van der Waals surface area contributed by atoms with Crippen molar-refractivity contribution in [3.8, 4) is 11.5 Å². The number of thiophene rings is 1. The third kappa shape index (κ3) is 9.81. The van der Waals surface area contributed by atoms with E-state index >= 15 is 0 Å².